The molecule has 0 spiro atoms. The molecular weight excluding hydrogens is 242 g/mol. The first-order valence-corrected chi connectivity index (χ1v) is 5.74. The van der Waals surface area contributed by atoms with Gasteiger partial charge >= 0.3 is 0 Å². The predicted octanol–water partition coefficient (Wildman–Crippen LogP) is 1.22. The van der Waals surface area contributed by atoms with Gasteiger partial charge in [-0.1, -0.05) is 23.4 Å². The van der Waals surface area contributed by atoms with Crippen molar-refractivity contribution in [3.63, 3.8) is 0 Å². The monoisotopic (exact) mass is 253 g/mol. The molecule has 2 heterocycles. The fourth-order valence-electron chi connectivity index (χ4n) is 2.15. The number of nitrogens with two attached hydrogens (primary N) is 1. The summed E-state index contributed by atoms with van der Waals surface area (Å²) in [7, 11) is 0. The highest BCUT2D eigenvalue weighted by Gasteiger charge is 2.16. The van der Waals surface area contributed by atoms with Gasteiger partial charge in [-0.25, -0.2) is 9.67 Å². The number of amides is 1. The summed E-state index contributed by atoms with van der Waals surface area (Å²) in [6.07, 6.45) is 3.30. The Morgan fingerprint density at radius 3 is 2.79 bits per heavy atom. The lowest BCUT2D eigenvalue weighted by atomic mass is 10.1. The molecule has 0 fully saturated rings. The Morgan fingerprint density at radius 1 is 1.32 bits per heavy atom. The van der Waals surface area contributed by atoms with E-state index < -0.39 is 5.91 Å². The molecule has 6 nitrogen and oxygen atoms in total. The number of carbonyl (C=O) groups is 1. The van der Waals surface area contributed by atoms with Gasteiger partial charge in [0.1, 0.15) is 5.69 Å². The molecule has 0 unspecified atom stereocenters. The Labute approximate surface area is 108 Å². The third-order valence-electron chi connectivity index (χ3n) is 2.99. The standard InChI is InChI=1S/C13H11N5O/c1-8-11(13(14)19)16-10-5-3-2-4-9(10)12(8)18-7-6-15-17-18/h2-7H,1H3,(H2,14,19). The average Bonchev–Trinajstić information content (AvgIpc) is 2.91. The van der Waals surface area contributed by atoms with E-state index in [2.05, 4.69) is 15.3 Å². The van der Waals surface area contributed by atoms with E-state index in [4.69, 9.17) is 5.73 Å². The molecule has 1 aromatic carbocycles. The quantitative estimate of drug-likeness (QED) is 0.744. The molecule has 2 N–H and O–H groups in total. The third kappa shape index (κ3) is 1.74. The summed E-state index contributed by atoms with van der Waals surface area (Å²) in [5.74, 6) is -0.551. The molecule has 0 atom stereocenters. The summed E-state index contributed by atoms with van der Waals surface area (Å²) in [5, 5.41) is 8.68. The van der Waals surface area contributed by atoms with E-state index in [0.29, 0.717) is 11.1 Å². The van der Waals surface area contributed by atoms with Crippen LogP contribution in [0, 0.1) is 6.92 Å². The van der Waals surface area contributed by atoms with Crippen LogP contribution in [0.15, 0.2) is 36.7 Å². The number of rotatable bonds is 2. The van der Waals surface area contributed by atoms with Gasteiger partial charge < -0.3 is 5.73 Å². The fourth-order valence-corrected chi connectivity index (χ4v) is 2.15. The number of para-hydroxylation sites is 1. The topological polar surface area (TPSA) is 86.7 Å². The van der Waals surface area contributed by atoms with E-state index in [0.717, 1.165) is 11.1 Å². The molecule has 2 aromatic heterocycles. The molecule has 0 aliphatic rings. The van der Waals surface area contributed by atoms with Crippen molar-refractivity contribution in [3.8, 4) is 5.69 Å². The van der Waals surface area contributed by atoms with E-state index >= 15 is 0 Å². The van der Waals surface area contributed by atoms with Crippen molar-refractivity contribution in [2.45, 2.75) is 6.92 Å². The smallest absolute Gasteiger partial charge is 0.267 e. The van der Waals surface area contributed by atoms with Gasteiger partial charge in [0.2, 0.25) is 0 Å². The van der Waals surface area contributed by atoms with E-state index in [1.807, 2.05) is 24.3 Å². The summed E-state index contributed by atoms with van der Waals surface area (Å²) >= 11 is 0. The van der Waals surface area contributed by atoms with Gasteiger partial charge in [-0.15, -0.1) is 5.10 Å². The summed E-state index contributed by atoms with van der Waals surface area (Å²) in [6.45, 7) is 1.80. The molecule has 3 rings (SSSR count). The molecule has 0 saturated heterocycles. The van der Waals surface area contributed by atoms with E-state index in [1.54, 1.807) is 24.0 Å². The maximum Gasteiger partial charge on any atom is 0.267 e. The van der Waals surface area contributed by atoms with Crippen molar-refractivity contribution in [1.82, 2.24) is 20.0 Å². The Morgan fingerprint density at radius 2 is 2.11 bits per heavy atom. The van der Waals surface area contributed by atoms with Gasteiger partial charge in [0, 0.05) is 10.9 Å². The van der Waals surface area contributed by atoms with Gasteiger partial charge in [0.25, 0.3) is 5.91 Å². The van der Waals surface area contributed by atoms with Crippen molar-refractivity contribution in [3.05, 3.63) is 47.9 Å². The van der Waals surface area contributed by atoms with Crippen LogP contribution < -0.4 is 5.73 Å². The minimum absolute atomic E-state index is 0.254. The van der Waals surface area contributed by atoms with Gasteiger partial charge in [-0.05, 0) is 13.0 Å². The Hall–Kier alpha value is -2.76. The molecule has 0 aliphatic carbocycles. The first kappa shape index (κ1) is 11.3. The van der Waals surface area contributed by atoms with E-state index in [-0.39, 0.29) is 5.69 Å². The van der Waals surface area contributed by atoms with Crippen molar-refractivity contribution in [2.75, 3.05) is 0 Å². The summed E-state index contributed by atoms with van der Waals surface area (Å²) in [6, 6.07) is 7.53. The SMILES string of the molecule is Cc1c(C(N)=O)nc2ccccc2c1-n1ccnn1. The van der Waals surface area contributed by atoms with Crippen LogP contribution >= 0.6 is 0 Å². The minimum atomic E-state index is -0.551. The summed E-state index contributed by atoms with van der Waals surface area (Å²) < 4.78 is 1.62. The van der Waals surface area contributed by atoms with Crippen LogP contribution in [0.3, 0.4) is 0 Å². The van der Waals surface area contributed by atoms with E-state index in [1.165, 1.54) is 0 Å². The number of hydrogen-bond donors (Lipinski definition) is 1. The molecule has 94 valence electrons. The second-order valence-corrected chi connectivity index (χ2v) is 4.16. The summed E-state index contributed by atoms with van der Waals surface area (Å²) in [5.41, 5.74) is 7.80. The highest BCUT2D eigenvalue weighted by molar-refractivity contribution is 5.99. The van der Waals surface area contributed by atoms with Crippen LogP contribution in [0.2, 0.25) is 0 Å². The maximum absolute atomic E-state index is 11.5. The Balaban J connectivity index is 2.46. The number of nitrogens with zero attached hydrogens (tertiary/aromatic N) is 4. The number of pyridine rings is 1. The van der Waals surface area contributed by atoms with Crippen molar-refractivity contribution in [1.29, 1.82) is 0 Å². The van der Waals surface area contributed by atoms with Crippen LogP contribution in [-0.4, -0.2) is 25.9 Å². The van der Waals surface area contributed by atoms with Crippen LogP contribution in [0.5, 0.6) is 0 Å². The van der Waals surface area contributed by atoms with Crippen molar-refractivity contribution < 1.29 is 4.79 Å². The zero-order valence-corrected chi connectivity index (χ0v) is 10.2. The molecule has 6 heteroatoms. The number of aromatic nitrogens is 4. The molecule has 0 radical (unpaired) electrons. The zero-order valence-electron chi connectivity index (χ0n) is 10.2. The molecule has 0 aliphatic heterocycles. The van der Waals surface area contributed by atoms with Crippen LogP contribution in [0.25, 0.3) is 16.6 Å². The molecule has 3 aromatic rings. The highest BCUT2D eigenvalue weighted by Crippen LogP contribution is 2.25. The van der Waals surface area contributed by atoms with Gasteiger partial charge in [-0.2, -0.15) is 0 Å². The van der Waals surface area contributed by atoms with E-state index in [9.17, 15) is 4.79 Å². The van der Waals surface area contributed by atoms with Crippen LogP contribution in [0.1, 0.15) is 16.1 Å². The molecule has 0 bridgehead atoms. The average molecular weight is 253 g/mol. The van der Waals surface area contributed by atoms with Gasteiger partial charge in [0.05, 0.1) is 23.6 Å². The number of primary amides is 1. The molecule has 19 heavy (non-hydrogen) atoms. The van der Waals surface area contributed by atoms with Crippen molar-refractivity contribution >= 4 is 16.8 Å². The number of carbonyl (C=O) groups excluding carboxylic acids is 1. The number of benzene rings is 1. The molecular formula is C13H11N5O. The first-order chi connectivity index (χ1) is 9.18. The lowest BCUT2D eigenvalue weighted by Crippen LogP contribution is -2.17. The van der Waals surface area contributed by atoms with Crippen LogP contribution in [0.4, 0.5) is 0 Å². The third-order valence-corrected chi connectivity index (χ3v) is 2.99. The summed E-state index contributed by atoms with van der Waals surface area (Å²) in [4.78, 5) is 15.8. The molecule has 0 saturated carbocycles. The lowest BCUT2D eigenvalue weighted by Gasteiger charge is -2.12. The number of hydrogen-bond acceptors (Lipinski definition) is 4. The number of fused-ring (bicyclic) bond motifs is 1. The normalized spacial score (nSPS) is 10.8. The first-order valence-electron chi connectivity index (χ1n) is 5.74. The molecule has 1 amide bonds. The zero-order chi connectivity index (χ0) is 13.4. The van der Waals surface area contributed by atoms with Crippen LogP contribution in [-0.2, 0) is 0 Å². The second kappa shape index (κ2) is 4.16. The second-order valence-electron chi connectivity index (χ2n) is 4.16. The fraction of sp³-hybridized carbons (Fsp3) is 0.0769. The Kier molecular flexibility index (Phi) is 2.49. The Bertz CT molecular complexity index is 764. The van der Waals surface area contributed by atoms with Gasteiger partial charge in [0.15, 0.2) is 0 Å². The largest absolute Gasteiger partial charge is 0.364 e. The maximum atomic E-state index is 11.5. The highest BCUT2D eigenvalue weighted by atomic mass is 16.1. The predicted molar refractivity (Wildman–Crippen MR) is 69.9 cm³/mol. The lowest BCUT2D eigenvalue weighted by molar-refractivity contribution is 0.0995. The van der Waals surface area contributed by atoms with Gasteiger partial charge in [-0.3, -0.25) is 4.79 Å². The van der Waals surface area contributed by atoms with Crippen molar-refractivity contribution in [2.24, 2.45) is 5.73 Å². The minimum Gasteiger partial charge on any atom is -0.364 e.